The number of piperidine rings is 1. The highest BCUT2D eigenvalue weighted by Gasteiger charge is 2.26. The van der Waals surface area contributed by atoms with Gasteiger partial charge >= 0.3 is 0 Å². The van der Waals surface area contributed by atoms with Crippen LogP contribution < -0.4 is 4.74 Å². The summed E-state index contributed by atoms with van der Waals surface area (Å²) in [6.07, 6.45) is 17.1. The van der Waals surface area contributed by atoms with Gasteiger partial charge in [-0.25, -0.2) is 4.98 Å². The van der Waals surface area contributed by atoms with Gasteiger partial charge in [-0.2, -0.15) is 5.10 Å². The van der Waals surface area contributed by atoms with Gasteiger partial charge in [0.1, 0.15) is 6.61 Å². The number of aromatic nitrogens is 3. The molecule has 0 bridgehead atoms. The van der Waals surface area contributed by atoms with Crippen molar-refractivity contribution in [3.05, 3.63) is 77.7 Å². The number of benzene rings is 1. The van der Waals surface area contributed by atoms with E-state index in [2.05, 4.69) is 58.1 Å². The molecule has 36 heavy (non-hydrogen) atoms. The molecule has 0 amide bonds. The number of nitrogens with zero attached hydrogens (tertiary/aromatic N) is 4. The van der Waals surface area contributed by atoms with Crippen LogP contribution in [0.5, 0.6) is 5.88 Å². The van der Waals surface area contributed by atoms with E-state index in [0.717, 1.165) is 63.2 Å². The van der Waals surface area contributed by atoms with E-state index in [1.54, 1.807) is 0 Å². The van der Waals surface area contributed by atoms with Crippen molar-refractivity contribution in [1.82, 2.24) is 19.7 Å². The molecule has 1 atom stereocenters. The Bertz CT molecular complexity index is 1230. The summed E-state index contributed by atoms with van der Waals surface area (Å²) in [4.78, 5) is 7.61. The molecule has 2 aliphatic heterocycles. The van der Waals surface area contributed by atoms with Crippen LogP contribution in [0.4, 0.5) is 0 Å². The monoisotopic (exact) mass is 484 g/mol. The average molecular weight is 485 g/mol. The molecule has 6 rings (SSSR count). The maximum Gasteiger partial charge on any atom is 0.213 e. The van der Waals surface area contributed by atoms with Crippen LogP contribution in [-0.2, 0) is 11.3 Å². The van der Waals surface area contributed by atoms with Gasteiger partial charge in [0.25, 0.3) is 0 Å². The van der Waals surface area contributed by atoms with Gasteiger partial charge in [-0.05, 0) is 74.9 Å². The highest BCUT2D eigenvalue weighted by molar-refractivity contribution is 5.79. The van der Waals surface area contributed by atoms with E-state index in [0.29, 0.717) is 18.5 Å². The first-order chi connectivity index (χ1) is 17.8. The average Bonchev–Trinajstić information content (AvgIpc) is 3.37. The predicted octanol–water partition coefficient (Wildman–Crippen LogP) is 6.17. The van der Waals surface area contributed by atoms with E-state index in [4.69, 9.17) is 19.6 Å². The molecule has 0 spiro atoms. The molecule has 3 aliphatic rings. The van der Waals surface area contributed by atoms with Crippen molar-refractivity contribution in [3.63, 3.8) is 0 Å². The summed E-state index contributed by atoms with van der Waals surface area (Å²) < 4.78 is 14.0. The van der Waals surface area contributed by atoms with Crippen LogP contribution >= 0.6 is 0 Å². The van der Waals surface area contributed by atoms with Crippen molar-refractivity contribution in [3.8, 4) is 5.88 Å². The number of allylic oxidation sites excluding steroid dienone is 2. The second-order valence-corrected chi connectivity index (χ2v) is 10.2. The SMILES string of the molecule is C1=CC(C(c2cccc(OCc3ccc4cnn(C5CCOCC5)c4c3)n2)N2CCCCC2)=CCC1. The van der Waals surface area contributed by atoms with E-state index >= 15 is 0 Å². The van der Waals surface area contributed by atoms with E-state index in [9.17, 15) is 0 Å². The first-order valence-corrected chi connectivity index (χ1v) is 13.6. The molecule has 0 N–H and O–H groups in total. The molecule has 1 aromatic carbocycles. The maximum absolute atomic E-state index is 6.25. The fourth-order valence-corrected chi connectivity index (χ4v) is 5.80. The van der Waals surface area contributed by atoms with Crippen molar-refractivity contribution in [2.45, 2.75) is 63.6 Å². The lowest BCUT2D eigenvalue weighted by Crippen LogP contribution is -2.35. The summed E-state index contributed by atoms with van der Waals surface area (Å²) in [6, 6.07) is 13.3. The number of likely N-dealkylation sites (tertiary alicyclic amines) is 1. The minimum absolute atomic E-state index is 0.204. The molecule has 2 saturated heterocycles. The van der Waals surface area contributed by atoms with Crippen molar-refractivity contribution in [2.75, 3.05) is 26.3 Å². The lowest BCUT2D eigenvalue weighted by Gasteiger charge is -2.35. The Kier molecular flexibility index (Phi) is 7.14. The van der Waals surface area contributed by atoms with E-state index in [1.807, 2.05) is 12.3 Å². The zero-order valence-corrected chi connectivity index (χ0v) is 21.0. The number of hydrogen-bond donors (Lipinski definition) is 0. The molecular formula is C30H36N4O2. The second-order valence-electron chi connectivity index (χ2n) is 10.2. The third-order valence-corrected chi connectivity index (χ3v) is 7.71. The van der Waals surface area contributed by atoms with Gasteiger partial charge in [0.15, 0.2) is 0 Å². The minimum atomic E-state index is 0.204. The standard InChI is InChI=1S/C30H36N4O2/c1-3-8-24(9-4-1)30(33-16-5-2-6-17-33)27-10-7-11-29(32-27)36-22-23-12-13-25-21-31-34(28(25)20-23)26-14-18-35-19-15-26/h3,7-13,20-21,26,30H,1-2,4-6,14-19,22H2. The lowest BCUT2D eigenvalue weighted by molar-refractivity contribution is 0.0675. The smallest absolute Gasteiger partial charge is 0.213 e. The molecule has 2 fully saturated rings. The largest absolute Gasteiger partial charge is 0.473 e. The fourth-order valence-electron chi connectivity index (χ4n) is 5.80. The Morgan fingerprint density at radius 1 is 1.03 bits per heavy atom. The van der Waals surface area contributed by atoms with Crippen LogP contribution in [0.25, 0.3) is 10.9 Å². The normalized spacial score (nSPS) is 20.4. The van der Waals surface area contributed by atoms with Gasteiger partial charge < -0.3 is 9.47 Å². The number of rotatable bonds is 7. The van der Waals surface area contributed by atoms with E-state index < -0.39 is 0 Å². The number of pyridine rings is 1. The summed E-state index contributed by atoms with van der Waals surface area (Å²) >= 11 is 0. The van der Waals surface area contributed by atoms with E-state index in [1.165, 1.54) is 35.7 Å². The third-order valence-electron chi connectivity index (χ3n) is 7.71. The highest BCUT2D eigenvalue weighted by Crippen LogP contribution is 2.34. The first kappa shape index (κ1) is 23.4. The Balaban J connectivity index is 1.21. The minimum Gasteiger partial charge on any atom is -0.473 e. The summed E-state index contributed by atoms with van der Waals surface area (Å²) in [5, 5.41) is 5.86. The van der Waals surface area contributed by atoms with Crippen molar-refractivity contribution in [2.24, 2.45) is 0 Å². The summed E-state index contributed by atoms with van der Waals surface area (Å²) in [6.45, 7) is 4.36. The van der Waals surface area contributed by atoms with Gasteiger partial charge in [0.05, 0.1) is 29.5 Å². The van der Waals surface area contributed by atoms with Crippen LogP contribution in [0.1, 0.15) is 68.3 Å². The Morgan fingerprint density at radius 3 is 2.75 bits per heavy atom. The molecule has 6 heteroatoms. The third kappa shape index (κ3) is 5.11. The topological polar surface area (TPSA) is 52.4 Å². The van der Waals surface area contributed by atoms with Gasteiger partial charge in [0, 0.05) is 24.7 Å². The summed E-state index contributed by atoms with van der Waals surface area (Å²) in [5.74, 6) is 0.688. The molecule has 4 heterocycles. The van der Waals surface area contributed by atoms with Crippen molar-refractivity contribution >= 4 is 10.9 Å². The number of hydrogen-bond acceptors (Lipinski definition) is 5. The second kappa shape index (κ2) is 11.0. The van der Waals surface area contributed by atoms with E-state index in [-0.39, 0.29) is 6.04 Å². The van der Waals surface area contributed by atoms with Gasteiger partial charge in [-0.15, -0.1) is 0 Å². The maximum atomic E-state index is 6.25. The molecule has 1 unspecified atom stereocenters. The zero-order chi connectivity index (χ0) is 24.2. The Labute approximate surface area is 213 Å². The van der Waals surface area contributed by atoms with Gasteiger partial charge in [0.2, 0.25) is 5.88 Å². The fraction of sp³-hybridized carbons (Fsp3) is 0.467. The van der Waals surface area contributed by atoms with Crippen LogP contribution in [0.3, 0.4) is 0 Å². The van der Waals surface area contributed by atoms with Crippen LogP contribution in [-0.4, -0.2) is 46.0 Å². The molecule has 188 valence electrons. The number of ether oxygens (including phenoxy) is 2. The lowest BCUT2D eigenvalue weighted by atomic mass is 9.94. The highest BCUT2D eigenvalue weighted by atomic mass is 16.5. The number of fused-ring (bicyclic) bond motifs is 1. The van der Waals surface area contributed by atoms with Gasteiger partial charge in [-0.1, -0.05) is 42.8 Å². The molecule has 2 aromatic heterocycles. The molecule has 0 radical (unpaired) electrons. The Morgan fingerprint density at radius 2 is 1.92 bits per heavy atom. The van der Waals surface area contributed by atoms with Crippen LogP contribution in [0.2, 0.25) is 0 Å². The van der Waals surface area contributed by atoms with Crippen LogP contribution in [0.15, 0.2) is 66.4 Å². The summed E-state index contributed by atoms with van der Waals surface area (Å²) in [5.41, 5.74) is 4.76. The van der Waals surface area contributed by atoms with Crippen molar-refractivity contribution < 1.29 is 9.47 Å². The first-order valence-electron chi connectivity index (χ1n) is 13.6. The quantitative estimate of drug-likeness (QED) is 0.402. The molecule has 1 aliphatic carbocycles. The van der Waals surface area contributed by atoms with Gasteiger partial charge in [-0.3, -0.25) is 9.58 Å². The molecule has 6 nitrogen and oxygen atoms in total. The Hall–Kier alpha value is -2.96. The van der Waals surface area contributed by atoms with Crippen molar-refractivity contribution in [1.29, 1.82) is 0 Å². The predicted molar refractivity (Wildman–Crippen MR) is 142 cm³/mol. The summed E-state index contributed by atoms with van der Waals surface area (Å²) in [7, 11) is 0. The zero-order valence-electron chi connectivity index (χ0n) is 21.0. The molecule has 0 saturated carbocycles. The molecular weight excluding hydrogens is 448 g/mol. The molecule has 3 aromatic rings. The van der Waals surface area contributed by atoms with Crippen LogP contribution in [0, 0.1) is 0 Å².